The summed E-state index contributed by atoms with van der Waals surface area (Å²) in [6.07, 6.45) is 5.31. The maximum atomic E-state index is 12.4. The third-order valence-electron chi connectivity index (χ3n) is 3.76. The second-order valence-electron chi connectivity index (χ2n) is 5.02. The van der Waals surface area contributed by atoms with E-state index in [1.54, 1.807) is 0 Å². The van der Waals surface area contributed by atoms with E-state index in [2.05, 4.69) is 30.4 Å². The molecular weight excluding hydrogens is 232 g/mol. The number of rotatable bonds is 3. The molecule has 0 heterocycles. The summed E-state index contributed by atoms with van der Waals surface area (Å²) in [7, 11) is 0. The maximum absolute atomic E-state index is 12.4. The maximum Gasteiger partial charge on any atom is 0.170 e. The average molecular weight is 248 g/mol. The minimum Gasteiger partial charge on any atom is -0.294 e. The lowest BCUT2D eigenvalue weighted by atomic mass is 9.90. The lowest BCUT2D eigenvalue weighted by Gasteiger charge is -2.12. The predicted octanol–water partition coefficient (Wildman–Crippen LogP) is 4.24. The van der Waals surface area contributed by atoms with Gasteiger partial charge in [0.05, 0.1) is 0 Å². The van der Waals surface area contributed by atoms with Gasteiger partial charge in [-0.3, -0.25) is 4.79 Å². The van der Waals surface area contributed by atoms with Crippen molar-refractivity contribution in [2.45, 2.75) is 19.3 Å². The van der Waals surface area contributed by atoms with Crippen LogP contribution in [-0.2, 0) is 6.42 Å². The third-order valence-corrected chi connectivity index (χ3v) is 3.76. The molecule has 0 bridgehead atoms. The smallest absolute Gasteiger partial charge is 0.170 e. The van der Waals surface area contributed by atoms with E-state index in [9.17, 15) is 4.79 Å². The molecule has 19 heavy (non-hydrogen) atoms. The van der Waals surface area contributed by atoms with Crippen LogP contribution in [0.4, 0.5) is 0 Å². The van der Waals surface area contributed by atoms with Gasteiger partial charge in [-0.15, -0.1) is 0 Å². The number of allylic oxidation sites excluding steroid dienone is 1. The highest BCUT2D eigenvalue weighted by atomic mass is 16.1. The predicted molar refractivity (Wildman–Crippen MR) is 78.4 cm³/mol. The van der Waals surface area contributed by atoms with Gasteiger partial charge in [0.15, 0.2) is 5.78 Å². The summed E-state index contributed by atoms with van der Waals surface area (Å²) in [6, 6.07) is 15.9. The summed E-state index contributed by atoms with van der Waals surface area (Å²) < 4.78 is 0. The van der Waals surface area contributed by atoms with Gasteiger partial charge < -0.3 is 0 Å². The molecule has 2 aromatic carbocycles. The number of carbonyl (C=O) groups is 1. The van der Waals surface area contributed by atoms with Crippen LogP contribution in [-0.4, -0.2) is 5.78 Å². The first kappa shape index (κ1) is 11.9. The normalized spacial score (nSPS) is 14.2. The largest absolute Gasteiger partial charge is 0.294 e. The summed E-state index contributed by atoms with van der Waals surface area (Å²) in [5, 5.41) is 0. The van der Waals surface area contributed by atoms with Gasteiger partial charge >= 0.3 is 0 Å². The fourth-order valence-electron chi connectivity index (χ4n) is 2.54. The third kappa shape index (κ3) is 2.24. The van der Waals surface area contributed by atoms with Gasteiger partial charge in [0.1, 0.15) is 0 Å². The lowest BCUT2D eigenvalue weighted by Crippen LogP contribution is -2.09. The Morgan fingerprint density at radius 3 is 2.68 bits per heavy atom. The molecule has 0 saturated heterocycles. The first-order valence-corrected chi connectivity index (χ1v) is 6.64. The van der Waals surface area contributed by atoms with Crippen LogP contribution in [0, 0.1) is 0 Å². The summed E-state index contributed by atoms with van der Waals surface area (Å²) in [6.45, 7) is 1.98. The molecule has 0 spiro atoms. The lowest BCUT2D eigenvalue weighted by molar-refractivity contribution is 0.0966. The van der Waals surface area contributed by atoms with E-state index in [0.29, 0.717) is 0 Å². The Kier molecular flexibility index (Phi) is 3.04. The van der Waals surface area contributed by atoms with Crippen molar-refractivity contribution in [3.05, 3.63) is 76.9 Å². The molecule has 3 rings (SSSR count). The SMILES string of the molecule is CC(C(=O)c1ccccc1)c1ccc2c(c1)C=CC2. The molecule has 1 aliphatic rings. The molecule has 94 valence electrons. The van der Waals surface area contributed by atoms with Crippen molar-refractivity contribution in [2.24, 2.45) is 0 Å². The molecule has 0 aliphatic heterocycles. The molecule has 0 N–H and O–H groups in total. The monoisotopic (exact) mass is 248 g/mol. The first-order chi connectivity index (χ1) is 9.25. The van der Waals surface area contributed by atoms with Crippen LogP contribution in [0.1, 0.15) is 39.9 Å². The van der Waals surface area contributed by atoms with Crippen LogP contribution in [0.15, 0.2) is 54.6 Å². The van der Waals surface area contributed by atoms with Crippen LogP contribution >= 0.6 is 0 Å². The second-order valence-corrected chi connectivity index (χ2v) is 5.02. The number of ketones is 1. The number of carbonyl (C=O) groups excluding carboxylic acids is 1. The number of hydrogen-bond acceptors (Lipinski definition) is 1. The fourth-order valence-corrected chi connectivity index (χ4v) is 2.54. The number of hydrogen-bond donors (Lipinski definition) is 0. The Labute approximate surface area is 113 Å². The Hall–Kier alpha value is -2.15. The topological polar surface area (TPSA) is 17.1 Å². The van der Waals surface area contributed by atoms with E-state index in [0.717, 1.165) is 17.5 Å². The molecule has 0 radical (unpaired) electrons. The number of Topliss-reactive ketones (excluding diaryl/α,β-unsaturated/α-hetero) is 1. The molecular formula is C18H16O. The molecule has 1 aliphatic carbocycles. The van der Waals surface area contributed by atoms with Gasteiger partial charge in [-0.1, -0.05) is 67.6 Å². The molecule has 1 atom stereocenters. The van der Waals surface area contributed by atoms with Gasteiger partial charge in [0.25, 0.3) is 0 Å². The highest BCUT2D eigenvalue weighted by Crippen LogP contribution is 2.26. The Morgan fingerprint density at radius 1 is 1.11 bits per heavy atom. The molecule has 1 unspecified atom stereocenters. The van der Waals surface area contributed by atoms with Gasteiger partial charge in [0, 0.05) is 11.5 Å². The zero-order chi connectivity index (χ0) is 13.2. The van der Waals surface area contributed by atoms with Crippen molar-refractivity contribution in [3.8, 4) is 0 Å². The number of fused-ring (bicyclic) bond motifs is 1. The molecule has 0 aromatic heterocycles. The van der Waals surface area contributed by atoms with Crippen molar-refractivity contribution in [1.29, 1.82) is 0 Å². The Morgan fingerprint density at radius 2 is 1.89 bits per heavy atom. The molecule has 2 aromatic rings. The molecule has 0 fully saturated rings. The van der Waals surface area contributed by atoms with Crippen LogP contribution < -0.4 is 0 Å². The fraction of sp³-hybridized carbons (Fsp3) is 0.167. The zero-order valence-electron chi connectivity index (χ0n) is 11.0. The van der Waals surface area contributed by atoms with Gasteiger partial charge in [-0.05, 0) is 23.1 Å². The van der Waals surface area contributed by atoms with E-state index in [1.165, 1.54) is 11.1 Å². The van der Waals surface area contributed by atoms with Crippen molar-refractivity contribution in [3.63, 3.8) is 0 Å². The average Bonchev–Trinajstić information content (AvgIpc) is 2.94. The van der Waals surface area contributed by atoms with Crippen molar-refractivity contribution < 1.29 is 4.79 Å². The van der Waals surface area contributed by atoms with Crippen LogP contribution in [0.2, 0.25) is 0 Å². The van der Waals surface area contributed by atoms with E-state index in [4.69, 9.17) is 0 Å². The first-order valence-electron chi connectivity index (χ1n) is 6.64. The van der Waals surface area contributed by atoms with Crippen LogP contribution in [0.5, 0.6) is 0 Å². The van der Waals surface area contributed by atoms with Gasteiger partial charge in [-0.25, -0.2) is 0 Å². The summed E-state index contributed by atoms with van der Waals surface area (Å²) in [4.78, 5) is 12.4. The quantitative estimate of drug-likeness (QED) is 0.742. The molecule has 1 heteroatoms. The van der Waals surface area contributed by atoms with E-state index in [-0.39, 0.29) is 11.7 Å². The highest BCUT2D eigenvalue weighted by Gasteiger charge is 2.18. The van der Waals surface area contributed by atoms with E-state index in [1.807, 2.05) is 37.3 Å². The molecule has 1 nitrogen and oxygen atoms in total. The van der Waals surface area contributed by atoms with E-state index < -0.39 is 0 Å². The summed E-state index contributed by atoms with van der Waals surface area (Å²) in [5.74, 6) is 0.0872. The molecule has 0 amide bonds. The van der Waals surface area contributed by atoms with Crippen molar-refractivity contribution in [1.82, 2.24) is 0 Å². The second kappa shape index (κ2) is 4.85. The Balaban J connectivity index is 1.90. The van der Waals surface area contributed by atoms with Crippen molar-refractivity contribution in [2.75, 3.05) is 0 Å². The van der Waals surface area contributed by atoms with Crippen LogP contribution in [0.3, 0.4) is 0 Å². The van der Waals surface area contributed by atoms with Crippen LogP contribution in [0.25, 0.3) is 6.08 Å². The van der Waals surface area contributed by atoms with Gasteiger partial charge in [-0.2, -0.15) is 0 Å². The minimum absolute atomic E-state index is 0.0956. The molecule has 0 saturated carbocycles. The Bertz CT molecular complexity index is 638. The van der Waals surface area contributed by atoms with Gasteiger partial charge in [0.2, 0.25) is 0 Å². The number of benzene rings is 2. The highest BCUT2D eigenvalue weighted by molar-refractivity contribution is 6.00. The standard InChI is InChI=1S/C18H16O/c1-13(18(19)15-6-3-2-4-7-15)16-11-10-14-8-5-9-17(14)12-16/h2-7,9-13H,8H2,1H3. The zero-order valence-corrected chi connectivity index (χ0v) is 11.0. The van der Waals surface area contributed by atoms with E-state index >= 15 is 0 Å². The summed E-state index contributed by atoms with van der Waals surface area (Å²) >= 11 is 0. The minimum atomic E-state index is -0.0956. The van der Waals surface area contributed by atoms with Crippen molar-refractivity contribution >= 4 is 11.9 Å². The summed E-state index contributed by atoms with van der Waals surface area (Å²) in [5.41, 5.74) is 4.48.